The summed E-state index contributed by atoms with van der Waals surface area (Å²) in [6.07, 6.45) is 17.1. The molecule has 1 amide bonds. The van der Waals surface area contributed by atoms with E-state index in [9.17, 15) is 4.79 Å². The molecule has 3 atom stereocenters. The van der Waals surface area contributed by atoms with Gasteiger partial charge in [-0.05, 0) is 76.0 Å². The molecule has 24 heavy (non-hydrogen) atoms. The van der Waals surface area contributed by atoms with Crippen LogP contribution in [0, 0.1) is 17.8 Å². The summed E-state index contributed by atoms with van der Waals surface area (Å²) in [5, 5.41) is 0. The summed E-state index contributed by atoms with van der Waals surface area (Å²) in [6.45, 7) is 0. The van der Waals surface area contributed by atoms with Crippen molar-refractivity contribution < 1.29 is 9.53 Å². The summed E-state index contributed by atoms with van der Waals surface area (Å²) < 4.78 is 7.11. The Balaban J connectivity index is 1.51. The standard InChI is InChI=1S/C20H34INO2/c21-15-8-12-18(19(13-9-15)20(22)23)14-6-10-17(11-7-14)24-16-4-2-1-3-5-16/h14-19H,1-13H2,(H2,22,23). The molecule has 0 aliphatic heterocycles. The van der Waals surface area contributed by atoms with Crippen molar-refractivity contribution in [1.82, 2.24) is 0 Å². The number of primary amides is 1. The number of alkyl halides is 1. The van der Waals surface area contributed by atoms with Gasteiger partial charge in [-0.15, -0.1) is 0 Å². The van der Waals surface area contributed by atoms with E-state index in [0.717, 1.165) is 16.8 Å². The molecule has 0 spiro atoms. The molecule has 3 nitrogen and oxygen atoms in total. The third-order valence-electron chi connectivity index (χ3n) is 6.75. The number of halogens is 1. The molecule has 0 aromatic carbocycles. The lowest BCUT2D eigenvalue weighted by Gasteiger charge is -2.37. The van der Waals surface area contributed by atoms with Gasteiger partial charge in [0.2, 0.25) is 5.91 Å². The van der Waals surface area contributed by atoms with Crippen LogP contribution in [-0.4, -0.2) is 22.0 Å². The Morgan fingerprint density at radius 3 is 2.08 bits per heavy atom. The summed E-state index contributed by atoms with van der Waals surface area (Å²) >= 11 is 2.56. The Bertz CT molecular complexity index is 402. The SMILES string of the molecule is NC(=O)C1CCC(I)CCC1C1CCC(OC2CCCCC2)CC1. The van der Waals surface area contributed by atoms with Crippen molar-refractivity contribution in [3.8, 4) is 0 Å². The fraction of sp³-hybridized carbons (Fsp3) is 0.950. The second kappa shape index (κ2) is 9.20. The zero-order valence-electron chi connectivity index (χ0n) is 14.9. The molecule has 3 aliphatic carbocycles. The second-order valence-electron chi connectivity index (χ2n) is 8.36. The molecule has 0 heterocycles. The minimum Gasteiger partial charge on any atom is -0.375 e. The first kappa shape index (κ1) is 18.9. The summed E-state index contributed by atoms with van der Waals surface area (Å²) in [5.74, 6) is 1.28. The van der Waals surface area contributed by atoms with Crippen molar-refractivity contribution in [3.63, 3.8) is 0 Å². The van der Waals surface area contributed by atoms with Crippen LogP contribution in [0.4, 0.5) is 0 Å². The highest BCUT2D eigenvalue weighted by Gasteiger charge is 2.37. The van der Waals surface area contributed by atoms with Gasteiger partial charge in [-0.25, -0.2) is 0 Å². The van der Waals surface area contributed by atoms with Gasteiger partial charge in [0, 0.05) is 9.84 Å². The molecule has 3 saturated carbocycles. The molecule has 3 fully saturated rings. The van der Waals surface area contributed by atoms with E-state index in [-0.39, 0.29) is 11.8 Å². The Morgan fingerprint density at radius 1 is 0.792 bits per heavy atom. The predicted molar refractivity (Wildman–Crippen MR) is 106 cm³/mol. The van der Waals surface area contributed by atoms with Gasteiger partial charge in [0.1, 0.15) is 0 Å². The molecule has 0 bridgehead atoms. The van der Waals surface area contributed by atoms with E-state index >= 15 is 0 Å². The Morgan fingerprint density at radius 2 is 1.42 bits per heavy atom. The summed E-state index contributed by atoms with van der Waals surface area (Å²) in [7, 11) is 0. The van der Waals surface area contributed by atoms with Gasteiger partial charge in [0.15, 0.2) is 0 Å². The molecule has 2 N–H and O–H groups in total. The van der Waals surface area contributed by atoms with E-state index in [1.807, 2.05) is 0 Å². The molecular weight excluding hydrogens is 413 g/mol. The molecule has 0 saturated heterocycles. The first-order valence-corrected chi connectivity index (χ1v) is 11.5. The third kappa shape index (κ3) is 5.09. The van der Waals surface area contributed by atoms with Gasteiger partial charge in [-0.3, -0.25) is 4.79 Å². The lowest BCUT2D eigenvalue weighted by Crippen LogP contribution is -2.36. The van der Waals surface area contributed by atoms with Crippen LogP contribution in [-0.2, 0) is 9.53 Å². The molecule has 3 aliphatic rings. The maximum Gasteiger partial charge on any atom is 0.220 e. The van der Waals surface area contributed by atoms with Crippen LogP contribution in [0.3, 0.4) is 0 Å². The van der Waals surface area contributed by atoms with Crippen LogP contribution in [0.2, 0.25) is 0 Å². The minimum absolute atomic E-state index is 0.0499. The van der Waals surface area contributed by atoms with E-state index in [1.54, 1.807) is 0 Å². The smallest absolute Gasteiger partial charge is 0.220 e. The maximum atomic E-state index is 12.0. The van der Waals surface area contributed by atoms with E-state index in [0.29, 0.717) is 24.0 Å². The molecule has 0 radical (unpaired) electrons. The molecule has 0 aromatic rings. The van der Waals surface area contributed by atoms with Gasteiger partial charge in [-0.1, -0.05) is 41.9 Å². The van der Waals surface area contributed by atoms with E-state index in [1.165, 1.54) is 70.6 Å². The van der Waals surface area contributed by atoms with Gasteiger partial charge >= 0.3 is 0 Å². The maximum absolute atomic E-state index is 12.0. The van der Waals surface area contributed by atoms with Gasteiger partial charge < -0.3 is 10.5 Å². The Kier molecular flexibility index (Phi) is 7.26. The van der Waals surface area contributed by atoms with E-state index in [4.69, 9.17) is 10.5 Å². The van der Waals surface area contributed by atoms with Gasteiger partial charge in [-0.2, -0.15) is 0 Å². The lowest BCUT2D eigenvalue weighted by atomic mass is 9.71. The van der Waals surface area contributed by atoms with Crippen molar-refractivity contribution >= 4 is 28.5 Å². The zero-order valence-corrected chi connectivity index (χ0v) is 17.1. The monoisotopic (exact) mass is 447 g/mol. The number of ether oxygens (including phenoxy) is 1. The number of carbonyl (C=O) groups excluding carboxylic acids is 1. The zero-order chi connectivity index (χ0) is 16.9. The van der Waals surface area contributed by atoms with Crippen molar-refractivity contribution in [1.29, 1.82) is 0 Å². The van der Waals surface area contributed by atoms with E-state index < -0.39 is 0 Å². The van der Waals surface area contributed by atoms with E-state index in [2.05, 4.69) is 22.6 Å². The fourth-order valence-electron chi connectivity index (χ4n) is 5.34. The topological polar surface area (TPSA) is 52.3 Å². The van der Waals surface area contributed by atoms with Gasteiger partial charge in [0.05, 0.1) is 12.2 Å². The first-order valence-electron chi connectivity index (χ1n) is 10.2. The van der Waals surface area contributed by atoms with Crippen molar-refractivity contribution in [3.05, 3.63) is 0 Å². The highest BCUT2D eigenvalue weighted by molar-refractivity contribution is 14.1. The molecular formula is C20H34INO2. The van der Waals surface area contributed by atoms with Crippen LogP contribution in [0.1, 0.15) is 83.5 Å². The average Bonchev–Trinajstić information content (AvgIpc) is 2.78. The minimum atomic E-state index is -0.0499. The van der Waals surface area contributed by atoms with Crippen LogP contribution in [0.5, 0.6) is 0 Å². The largest absolute Gasteiger partial charge is 0.375 e. The number of hydrogen-bond acceptors (Lipinski definition) is 2. The second-order valence-corrected chi connectivity index (χ2v) is 10.1. The summed E-state index contributed by atoms with van der Waals surface area (Å²) in [4.78, 5) is 12.0. The van der Waals surface area contributed by atoms with Crippen molar-refractivity contribution in [2.45, 2.75) is 99.6 Å². The molecule has 3 unspecified atom stereocenters. The number of carbonyl (C=O) groups is 1. The van der Waals surface area contributed by atoms with Crippen LogP contribution in [0.25, 0.3) is 0 Å². The Hall–Kier alpha value is 0.160. The first-order chi connectivity index (χ1) is 11.6. The number of amides is 1. The predicted octanol–water partition coefficient (Wildman–Crippen LogP) is 4.99. The molecule has 3 rings (SSSR count). The lowest BCUT2D eigenvalue weighted by molar-refractivity contribution is -0.125. The summed E-state index contributed by atoms with van der Waals surface area (Å²) in [5.41, 5.74) is 5.76. The average molecular weight is 447 g/mol. The van der Waals surface area contributed by atoms with Crippen molar-refractivity contribution in [2.75, 3.05) is 0 Å². The third-order valence-corrected chi connectivity index (χ3v) is 7.99. The molecule has 138 valence electrons. The molecule has 0 aromatic heterocycles. The van der Waals surface area contributed by atoms with Crippen molar-refractivity contribution in [2.24, 2.45) is 23.5 Å². The van der Waals surface area contributed by atoms with Crippen LogP contribution < -0.4 is 5.73 Å². The molecule has 4 heteroatoms. The van der Waals surface area contributed by atoms with Crippen LogP contribution in [0.15, 0.2) is 0 Å². The fourth-order valence-corrected chi connectivity index (χ4v) is 6.06. The highest BCUT2D eigenvalue weighted by Crippen LogP contribution is 2.42. The number of rotatable bonds is 4. The number of hydrogen-bond donors (Lipinski definition) is 1. The highest BCUT2D eigenvalue weighted by atomic mass is 127. The summed E-state index contributed by atoms with van der Waals surface area (Å²) in [6, 6.07) is 0. The van der Waals surface area contributed by atoms with Crippen LogP contribution >= 0.6 is 22.6 Å². The number of nitrogens with two attached hydrogens (primary N) is 1. The quantitative estimate of drug-likeness (QED) is 0.375. The normalized spacial score (nSPS) is 39.3. The Labute approximate surface area is 161 Å². The van der Waals surface area contributed by atoms with Gasteiger partial charge in [0.25, 0.3) is 0 Å².